The van der Waals surface area contributed by atoms with Crippen LogP contribution in [0.3, 0.4) is 0 Å². The molecule has 0 spiro atoms. The summed E-state index contributed by atoms with van der Waals surface area (Å²) >= 11 is 3.25. The quantitative estimate of drug-likeness (QED) is 0.858. The Morgan fingerprint density at radius 2 is 1.90 bits per heavy atom. The van der Waals surface area contributed by atoms with E-state index in [1.165, 1.54) is 11.6 Å². The summed E-state index contributed by atoms with van der Waals surface area (Å²) in [6.07, 6.45) is 0.819. The second kappa shape index (κ2) is 6.75. The van der Waals surface area contributed by atoms with E-state index in [2.05, 4.69) is 21.2 Å². The molecule has 0 aromatic heterocycles. The Hall–Kier alpha value is -1.55. The highest BCUT2D eigenvalue weighted by atomic mass is 79.9. The zero-order valence-electron chi connectivity index (χ0n) is 11.5. The molecule has 0 aliphatic rings. The maximum Gasteiger partial charge on any atom is 0.147 e. The van der Waals surface area contributed by atoms with Crippen molar-refractivity contribution >= 4 is 21.6 Å². The molecule has 2 nitrogen and oxygen atoms in total. The summed E-state index contributed by atoms with van der Waals surface area (Å²) in [5, 5.41) is 3.19. The summed E-state index contributed by atoms with van der Waals surface area (Å²) in [6.45, 7) is 2.03. The van der Waals surface area contributed by atoms with E-state index in [1.54, 1.807) is 13.2 Å². The van der Waals surface area contributed by atoms with E-state index in [4.69, 9.17) is 4.74 Å². The van der Waals surface area contributed by atoms with Crippen LogP contribution >= 0.6 is 15.9 Å². The minimum absolute atomic E-state index is 0.138. The fourth-order valence-corrected chi connectivity index (χ4v) is 2.37. The van der Waals surface area contributed by atoms with Crippen molar-refractivity contribution in [2.45, 2.75) is 19.4 Å². The second-order valence-electron chi connectivity index (χ2n) is 4.72. The first-order valence-corrected chi connectivity index (χ1v) is 7.22. The minimum Gasteiger partial charge on any atom is -0.497 e. The van der Waals surface area contributed by atoms with E-state index in [-0.39, 0.29) is 11.9 Å². The van der Waals surface area contributed by atoms with Crippen LogP contribution in [0.4, 0.5) is 10.1 Å². The van der Waals surface area contributed by atoms with Gasteiger partial charge in [0.1, 0.15) is 11.6 Å². The molecule has 2 rings (SSSR count). The Morgan fingerprint density at radius 3 is 2.50 bits per heavy atom. The molecule has 2 aromatic carbocycles. The molecule has 0 fully saturated rings. The summed E-state index contributed by atoms with van der Waals surface area (Å²) in [5.41, 5.74) is 1.71. The predicted molar refractivity (Wildman–Crippen MR) is 83.9 cm³/mol. The molecule has 1 unspecified atom stereocenters. The zero-order chi connectivity index (χ0) is 14.5. The Morgan fingerprint density at radius 1 is 1.20 bits per heavy atom. The van der Waals surface area contributed by atoms with Crippen molar-refractivity contribution in [1.29, 1.82) is 0 Å². The van der Waals surface area contributed by atoms with Crippen LogP contribution in [-0.4, -0.2) is 13.2 Å². The number of hydrogen-bond donors (Lipinski definition) is 1. The number of anilines is 1. The molecular formula is C16H17BrFNO. The van der Waals surface area contributed by atoms with Gasteiger partial charge in [0.25, 0.3) is 0 Å². The van der Waals surface area contributed by atoms with Crippen LogP contribution in [0.25, 0.3) is 0 Å². The molecule has 0 heterocycles. The van der Waals surface area contributed by atoms with Crippen LogP contribution in [-0.2, 0) is 6.42 Å². The number of hydrogen-bond acceptors (Lipinski definition) is 2. The van der Waals surface area contributed by atoms with Crippen molar-refractivity contribution in [2.24, 2.45) is 0 Å². The highest BCUT2D eigenvalue weighted by Crippen LogP contribution is 2.21. The number of methoxy groups -OCH3 is 1. The lowest BCUT2D eigenvalue weighted by Crippen LogP contribution is -2.18. The molecular weight excluding hydrogens is 321 g/mol. The van der Waals surface area contributed by atoms with Gasteiger partial charge in [0, 0.05) is 10.5 Å². The lowest BCUT2D eigenvalue weighted by molar-refractivity contribution is 0.414. The Kier molecular flexibility index (Phi) is 5.01. The van der Waals surface area contributed by atoms with E-state index >= 15 is 0 Å². The molecule has 1 atom stereocenters. The highest BCUT2D eigenvalue weighted by molar-refractivity contribution is 9.10. The summed E-state index contributed by atoms with van der Waals surface area (Å²) in [6, 6.07) is 13.1. The van der Waals surface area contributed by atoms with E-state index in [1.807, 2.05) is 37.3 Å². The van der Waals surface area contributed by atoms with Gasteiger partial charge in [0.2, 0.25) is 0 Å². The SMILES string of the molecule is COc1ccc(CC(C)Nc2ccc(Br)cc2F)cc1. The number of benzene rings is 2. The number of halogens is 2. The van der Waals surface area contributed by atoms with Crippen molar-refractivity contribution in [2.75, 3.05) is 12.4 Å². The smallest absolute Gasteiger partial charge is 0.147 e. The first-order valence-electron chi connectivity index (χ1n) is 6.43. The average Bonchev–Trinajstić information content (AvgIpc) is 2.43. The molecule has 0 aliphatic heterocycles. The second-order valence-corrected chi connectivity index (χ2v) is 5.64. The van der Waals surface area contributed by atoms with E-state index < -0.39 is 0 Å². The van der Waals surface area contributed by atoms with Crippen LogP contribution in [0.5, 0.6) is 5.75 Å². The van der Waals surface area contributed by atoms with Crippen molar-refractivity contribution in [3.05, 3.63) is 58.3 Å². The molecule has 1 N–H and O–H groups in total. The van der Waals surface area contributed by atoms with Gasteiger partial charge >= 0.3 is 0 Å². The average molecular weight is 338 g/mol. The van der Waals surface area contributed by atoms with Gasteiger partial charge in [0.15, 0.2) is 0 Å². The predicted octanol–water partition coefficient (Wildman–Crippen LogP) is 4.64. The van der Waals surface area contributed by atoms with Gasteiger partial charge in [-0.05, 0) is 49.2 Å². The summed E-state index contributed by atoms with van der Waals surface area (Å²) in [4.78, 5) is 0. The summed E-state index contributed by atoms with van der Waals surface area (Å²) < 4.78 is 19.6. The molecule has 0 aliphatic carbocycles. The molecule has 0 bridgehead atoms. The van der Waals surface area contributed by atoms with Gasteiger partial charge < -0.3 is 10.1 Å². The fourth-order valence-electron chi connectivity index (χ4n) is 2.04. The minimum atomic E-state index is -0.249. The van der Waals surface area contributed by atoms with Gasteiger partial charge in [-0.15, -0.1) is 0 Å². The van der Waals surface area contributed by atoms with Crippen LogP contribution in [0.15, 0.2) is 46.9 Å². The molecule has 20 heavy (non-hydrogen) atoms. The van der Waals surface area contributed by atoms with Crippen LogP contribution < -0.4 is 10.1 Å². The topological polar surface area (TPSA) is 21.3 Å². The lowest BCUT2D eigenvalue weighted by atomic mass is 10.1. The third-order valence-corrected chi connectivity index (χ3v) is 3.53. The fraction of sp³-hybridized carbons (Fsp3) is 0.250. The molecule has 0 saturated heterocycles. The van der Waals surface area contributed by atoms with Crippen LogP contribution in [0.1, 0.15) is 12.5 Å². The maximum atomic E-state index is 13.7. The Labute approximate surface area is 127 Å². The third kappa shape index (κ3) is 3.97. The molecule has 0 saturated carbocycles. The van der Waals surface area contributed by atoms with Crippen LogP contribution in [0.2, 0.25) is 0 Å². The number of rotatable bonds is 5. The van der Waals surface area contributed by atoms with Gasteiger partial charge in [-0.2, -0.15) is 0 Å². The molecule has 0 amide bonds. The van der Waals surface area contributed by atoms with Crippen molar-refractivity contribution in [3.63, 3.8) is 0 Å². The number of nitrogens with one attached hydrogen (secondary N) is 1. The van der Waals surface area contributed by atoms with Gasteiger partial charge in [-0.3, -0.25) is 0 Å². The van der Waals surface area contributed by atoms with E-state index in [9.17, 15) is 4.39 Å². The van der Waals surface area contributed by atoms with E-state index in [0.717, 1.165) is 16.6 Å². The highest BCUT2D eigenvalue weighted by Gasteiger charge is 2.08. The molecule has 4 heteroatoms. The molecule has 2 aromatic rings. The van der Waals surface area contributed by atoms with Gasteiger partial charge in [0.05, 0.1) is 12.8 Å². The normalized spacial score (nSPS) is 12.0. The number of ether oxygens (including phenoxy) is 1. The third-order valence-electron chi connectivity index (χ3n) is 3.03. The zero-order valence-corrected chi connectivity index (χ0v) is 13.1. The standard InChI is InChI=1S/C16H17BrFNO/c1-11(9-12-3-6-14(20-2)7-4-12)19-16-8-5-13(17)10-15(16)18/h3-8,10-11,19H,9H2,1-2H3. The van der Waals surface area contributed by atoms with Crippen molar-refractivity contribution < 1.29 is 9.13 Å². The molecule has 0 radical (unpaired) electrons. The first-order chi connectivity index (χ1) is 9.58. The molecule has 106 valence electrons. The van der Waals surface area contributed by atoms with Crippen LogP contribution in [0, 0.1) is 5.82 Å². The maximum absolute atomic E-state index is 13.7. The van der Waals surface area contributed by atoms with Gasteiger partial charge in [-0.1, -0.05) is 28.1 Å². The largest absolute Gasteiger partial charge is 0.497 e. The Bertz CT molecular complexity index is 571. The lowest BCUT2D eigenvalue weighted by Gasteiger charge is -2.16. The van der Waals surface area contributed by atoms with E-state index in [0.29, 0.717) is 5.69 Å². The van der Waals surface area contributed by atoms with Crippen molar-refractivity contribution in [1.82, 2.24) is 0 Å². The summed E-state index contributed by atoms with van der Waals surface area (Å²) in [7, 11) is 1.65. The monoisotopic (exact) mass is 337 g/mol. The Balaban J connectivity index is 1.99. The van der Waals surface area contributed by atoms with Gasteiger partial charge in [-0.25, -0.2) is 4.39 Å². The van der Waals surface area contributed by atoms with Crippen molar-refractivity contribution in [3.8, 4) is 5.75 Å². The summed E-state index contributed by atoms with van der Waals surface area (Å²) in [5.74, 6) is 0.592. The first kappa shape index (κ1) is 14.9.